The van der Waals surface area contributed by atoms with Gasteiger partial charge in [-0.2, -0.15) is 13.2 Å². The minimum Gasteiger partial charge on any atom is -0.379 e. The highest BCUT2D eigenvalue weighted by molar-refractivity contribution is 5.99. The lowest BCUT2D eigenvalue weighted by Crippen LogP contribution is -2.43. The standard InChI is InChI=1S/C21H22F3N3O3/c22-21(23,24)17-6-4-14(5-7-17)18(27-8-10-30-11-9-27)13-26-20(29)16-3-1-2-15(12-16)19(25)28/h1-7,12,18H,8-11,13H2,(H2,25,28)(H,26,29). The van der Waals surface area contributed by atoms with Crippen molar-refractivity contribution in [2.45, 2.75) is 12.2 Å². The average molecular weight is 421 g/mol. The van der Waals surface area contributed by atoms with Crippen molar-refractivity contribution >= 4 is 11.8 Å². The van der Waals surface area contributed by atoms with Crippen molar-refractivity contribution in [3.8, 4) is 0 Å². The highest BCUT2D eigenvalue weighted by atomic mass is 19.4. The summed E-state index contributed by atoms with van der Waals surface area (Å²) in [5, 5.41) is 2.81. The van der Waals surface area contributed by atoms with E-state index in [0.29, 0.717) is 31.9 Å². The molecule has 0 spiro atoms. The Morgan fingerprint density at radius 1 is 1.07 bits per heavy atom. The summed E-state index contributed by atoms with van der Waals surface area (Å²) in [6, 6.07) is 10.7. The van der Waals surface area contributed by atoms with Crippen LogP contribution in [0, 0.1) is 0 Å². The van der Waals surface area contributed by atoms with Crippen molar-refractivity contribution in [3.63, 3.8) is 0 Å². The number of halogens is 3. The Hall–Kier alpha value is -2.91. The number of carbonyl (C=O) groups excluding carboxylic acids is 2. The molecule has 160 valence electrons. The number of primary amides is 1. The van der Waals surface area contributed by atoms with Crippen LogP contribution >= 0.6 is 0 Å². The molecule has 2 amide bonds. The highest BCUT2D eigenvalue weighted by Crippen LogP contribution is 2.31. The SMILES string of the molecule is NC(=O)c1cccc(C(=O)NCC(c2ccc(C(F)(F)F)cc2)N2CCOCC2)c1. The molecule has 1 aliphatic heterocycles. The zero-order valence-electron chi connectivity index (χ0n) is 16.1. The second kappa shape index (κ2) is 9.27. The minimum absolute atomic E-state index is 0.186. The number of rotatable bonds is 6. The van der Waals surface area contributed by atoms with E-state index < -0.39 is 23.6 Å². The Labute approximate surface area is 171 Å². The van der Waals surface area contributed by atoms with E-state index in [1.54, 1.807) is 12.1 Å². The van der Waals surface area contributed by atoms with E-state index in [4.69, 9.17) is 10.5 Å². The molecule has 6 nitrogen and oxygen atoms in total. The van der Waals surface area contributed by atoms with Gasteiger partial charge in [-0.25, -0.2) is 0 Å². The number of alkyl halides is 3. The van der Waals surface area contributed by atoms with Crippen LogP contribution in [-0.2, 0) is 10.9 Å². The van der Waals surface area contributed by atoms with Crippen LogP contribution in [-0.4, -0.2) is 49.6 Å². The minimum atomic E-state index is -4.41. The van der Waals surface area contributed by atoms with Gasteiger partial charge in [-0.1, -0.05) is 18.2 Å². The number of hydrogen-bond donors (Lipinski definition) is 2. The molecule has 3 rings (SSSR count). The molecular weight excluding hydrogens is 399 g/mol. The van der Waals surface area contributed by atoms with Gasteiger partial charge in [-0.15, -0.1) is 0 Å². The normalized spacial score (nSPS) is 16.1. The van der Waals surface area contributed by atoms with E-state index >= 15 is 0 Å². The van der Waals surface area contributed by atoms with Gasteiger partial charge in [0.1, 0.15) is 0 Å². The zero-order chi connectivity index (χ0) is 21.7. The van der Waals surface area contributed by atoms with E-state index in [9.17, 15) is 22.8 Å². The first-order valence-corrected chi connectivity index (χ1v) is 9.43. The first-order chi connectivity index (χ1) is 14.3. The number of nitrogens with zero attached hydrogens (tertiary/aromatic N) is 1. The molecule has 1 heterocycles. The van der Waals surface area contributed by atoms with Crippen LogP contribution < -0.4 is 11.1 Å². The third-order valence-corrected chi connectivity index (χ3v) is 4.97. The highest BCUT2D eigenvalue weighted by Gasteiger charge is 2.31. The topological polar surface area (TPSA) is 84.7 Å². The van der Waals surface area contributed by atoms with Crippen LogP contribution in [0.1, 0.15) is 37.9 Å². The van der Waals surface area contributed by atoms with Crippen molar-refractivity contribution in [2.24, 2.45) is 5.73 Å². The average Bonchev–Trinajstić information content (AvgIpc) is 2.74. The van der Waals surface area contributed by atoms with Crippen LogP contribution in [0.5, 0.6) is 0 Å². The molecule has 0 bridgehead atoms. The van der Waals surface area contributed by atoms with E-state index in [1.165, 1.54) is 24.3 Å². The van der Waals surface area contributed by atoms with E-state index in [1.807, 2.05) is 0 Å². The zero-order valence-corrected chi connectivity index (χ0v) is 16.1. The molecule has 2 aromatic rings. The summed E-state index contributed by atoms with van der Waals surface area (Å²) < 4.78 is 44.0. The van der Waals surface area contributed by atoms with Crippen molar-refractivity contribution in [1.82, 2.24) is 10.2 Å². The van der Waals surface area contributed by atoms with Crippen molar-refractivity contribution in [2.75, 3.05) is 32.8 Å². The third kappa shape index (κ3) is 5.37. The van der Waals surface area contributed by atoms with Crippen LogP contribution in [0.2, 0.25) is 0 Å². The Balaban J connectivity index is 1.77. The molecule has 3 N–H and O–H groups in total. The summed E-state index contributed by atoms with van der Waals surface area (Å²) >= 11 is 0. The Kier molecular flexibility index (Phi) is 6.73. The summed E-state index contributed by atoms with van der Waals surface area (Å²) in [6.45, 7) is 2.39. The van der Waals surface area contributed by atoms with Crippen LogP contribution in [0.4, 0.5) is 13.2 Å². The van der Waals surface area contributed by atoms with Gasteiger partial charge in [0.15, 0.2) is 0 Å². The van der Waals surface area contributed by atoms with E-state index in [-0.39, 0.29) is 23.7 Å². The monoisotopic (exact) mass is 421 g/mol. The number of hydrogen-bond acceptors (Lipinski definition) is 4. The molecule has 0 saturated carbocycles. The fourth-order valence-electron chi connectivity index (χ4n) is 3.35. The maximum Gasteiger partial charge on any atom is 0.416 e. The molecule has 1 saturated heterocycles. The predicted molar refractivity (Wildman–Crippen MR) is 104 cm³/mol. The van der Waals surface area contributed by atoms with Crippen LogP contribution in [0.3, 0.4) is 0 Å². The molecular formula is C21H22F3N3O3. The largest absolute Gasteiger partial charge is 0.416 e. The van der Waals surface area contributed by atoms with E-state index in [0.717, 1.165) is 12.1 Å². The smallest absolute Gasteiger partial charge is 0.379 e. The lowest BCUT2D eigenvalue weighted by Gasteiger charge is -2.35. The Bertz CT molecular complexity index is 894. The van der Waals surface area contributed by atoms with Gasteiger partial charge in [-0.05, 0) is 35.9 Å². The summed E-state index contributed by atoms with van der Waals surface area (Å²) in [5.74, 6) is -1.04. The summed E-state index contributed by atoms with van der Waals surface area (Å²) in [7, 11) is 0. The number of nitrogens with one attached hydrogen (secondary N) is 1. The van der Waals surface area contributed by atoms with Gasteiger partial charge in [0.25, 0.3) is 5.91 Å². The molecule has 1 unspecified atom stereocenters. The van der Waals surface area contributed by atoms with Crippen LogP contribution in [0.25, 0.3) is 0 Å². The molecule has 30 heavy (non-hydrogen) atoms. The molecule has 1 atom stereocenters. The molecule has 0 aliphatic carbocycles. The number of morpholine rings is 1. The summed E-state index contributed by atoms with van der Waals surface area (Å²) in [4.78, 5) is 26.0. The predicted octanol–water partition coefficient (Wildman–Crippen LogP) is 2.61. The van der Waals surface area contributed by atoms with Crippen LogP contribution in [0.15, 0.2) is 48.5 Å². The lowest BCUT2D eigenvalue weighted by molar-refractivity contribution is -0.137. The first kappa shape index (κ1) is 21.8. The van der Waals surface area contributed by atoms with Crippen molar-refractivity contribution in [3.05, 3.63) is 70.8 Å². The molecule has 0 radical (unpaired) electrons. The molecule has 0 aromatic heterocycles. The maximum atomic E-state index is 12.9. The number of nitrogens with two attached hydrogens (primary N) is 1. The van der Waals surface area contributed by atoms with Gasteiger partial charge in [0, 0.05) is 30.8 Å². The number of carbonyl (C=O) groups is 2. The number of ether oxygens (including phenoxy) is 1. The molecule has 9 heteroatoms. The third-order valence-electron chi connectivity index (χ3n) is 4.97. The van der Waals surface area contributed by atoms with E-state index in [2.05, 4.69) is 10.2 Å². The Morgan fingerprint density at radius 2 is 1.70 bits per heavy atom. The van der Waals surface area contributed by atoms with Crippen molar-refractivity contribution < 1.29 is 27.5 Å². The lowest BCUT2D eigenvalue weighted by atomic mass is 10.0. The van der Waals surface area contributed by atoms with Gasteiger partial charge >= 0.3 is 6.18 Å². The Morgan fingerprint density at radius 3 is 2.30 bits per heavy atom. The van der Waals surface area contributed by atoms with Gasteiger partial charge in [0.2, 0.25) is 5.91 Å². The van der Waals surface area contributed by atoms with Gasteiger partial charge < -0.3 is 15.8 Å². The quantitative estimate of drug-likeness (QED) is 0.751. The summed E-state index contributed by atoms with van der Waals surface area (Å²) in [6.07, 6.45) is -4.41. The fourth-order valence-corrected chi connectivity index (χ4v) is 3.35. The maximum absolute atomic E-state index is 12.9. The summed E-state index contributed by atoms with van der Waals surface area (Å²) in [5.41, 5.74) is 5.69. The van der Waals surface area contributed by atoms with Crippen molar-refractivity contribution in [1.29, 1.82) is 0 Å². The van der Waals surface area contributed by atoms with Gasteiger partial charge in [-0.3, -0.25) is 14.5 Å². The second-order valence-corrected chi connectivity index (χ2v) is 6.94. The molecule has 1 fully saturated rings. The first-order valence-electron chi connectivity index (χ1n) is 9.43. The second-order valence-electron chi connectivity index (χ2n) is 6.94. The fraction of sp³-hybridized carbons (Fsp3) is 0.333. The molecule has 1 aliphatic rings. The van der Waals surface area contributed by atoms with Gasteiger partial charge in [0.05, 0.1) is 24.8 Å². The molecule has 2 aromatic carbocycles. The number of benzene rings is 2. The number of amides is 2.